The van der Waals surface area contributed by atoms with Gasteiger partial charge >= 0.3 is 6.36 Å². The Morgan fingerprint density at radius 2 is 2.15 bits per heavy atom. The predicted octanol–water partition coefficient (Wildman–Crippen LogP) is 4.98. The van der Waals surface area contributed by atoms with Gasteiger partial charge in [0.1, 0.15) is 5.75 Å². The lowest BCUT2D eigenvalue weighted by Gasteiger charge is -2.15. The summed E-state index contributed by atoms with van der Waals surface area (Å²) in [4.78, 5) is 4.17. The van der Waals surface area contributed by atoms with Gasteiger partial charge in [0.15, 0.2) is 0 Å². The Bertz CT molecular complexity index is 575. The molecule has 20 heavy (non-hydrogen) atoms. The highest BCUT2D eigenvalue weighted by molar-refractivity contribution is 9.10. The van der Waals surface area contributed by atoms with Gasteiger partial charge in [0.2, 0.25) is 0 Å². The van der Waals surface area contributed by atoms with Gasteiger partial charge in [-0.3, -0.25) is 0 Å². The smallest absolute Gasteiger partial charge is 0.405 e. The third-order valence-corrected chi connectivity index (χ3v) is 3.66. The molecular formula is C12H10BrF3N2OS. The maximum Gasteiger partial charge on any atom is 0.573 e. The van der Waals surface area contributed by atoms with Crippen LogP contribution in [0.1, 0.15) is 18.7 Å². The van der Waals surface area contributed by atoms with Crippen molar-refractivity contribution < 1.29 is 17.9 Å². The topological polar surface area (TPSA) is 34.1 Å². The summed E-state index contributed by atoms with van der Waals surface area (Å²) in [6, 6.07) is 4.27. The van der Waals surface area contributed by atoms with Crippen LogP contribution < -0.4 is 10.1 Å². The molecule has 1 aromatic carbocycles. The second-order valence-corrected chi connectivity index (χ2v) is 5.55. The van der Waals surface area contributed by atoms with Crippen molar-refractivity contribution in [2.24, 2.45) is 0 Å². The minimum atomic E-state index is -4.70. The first-order valence-electron chi connectivity index (χ1n) is 5.55. The summed E-state index contributed by atoms with van der Waals surface area (Å²) in [5, 5.41) is 5.06. The van der Waals surface area contributed by atoms with Gasteiger partial charge in [0.25, 0.3) is 0 Å². The molecule has 1 heterocycles. The van der Waals surface area contributed by atoms with E-state index in [4.69, 9.17) is 0 Å². The van der Waals surface area contributed by atoms with Crippen LogP contribution in [0.15, 0.2) is 33.6 Å². The van der Waals surface area contributed by atoms with Gasteiger partial charge in [-0.1, -0.05) is 0 Å². The molecule has 0 amide bonds. The number of nitrogens with zero attached hydrogens (tertiary/aromatic N) is 1. The SMILES string of the molecule is CC(Nc1ccc(OC(F)(F)F)c(Br)c1)c1cscn1. The Kier molecular flexibility index (Phi) is 4.54. The number of aromatic nitrogens is 1. The Morgan fingerprint density at radius 1 is 1.40 bits per heavy atom. The number of halogens is 4. The molecule has 1 unspecified atom stereocenters. The molecule has 0 aliphatic rings. The fourth-order valence-corrected chi connectivity index (χ4v) is 2.67. The Labute approximate surface area is 125 Å². The molecule has 0 aliphatic heterocycles. The van der Waals surface area contributed by atoms with E-state index >= 15 is 0 Å². The molecule has 8 heteroatoms. The zero-order chi connectivity index (χ0) is 14.8. The van der Waals surface area contributed by atoms with Crippen molar-refractivity contribution in [2.45, 2.75) is 19.3 Å². The summed E-state index contributed by atoms with van der Waals surface area (Å²) in [5.74, 6) is -0.274. The van der Waals surface area contributed by atoms with Crippen LogP contribution in [0.4, 0.5) is 18.9 Å². The number of thiazole rings is 1. The van der Waals surface area contributed by atoms with Crippen LogP contribution in [0, 0.1) is 0 Å². The molecule has 0 bridgehead atoms. The fourth-order valence-electron chi connectivity index (χ4n) is 1.56. The number of anilines is 1. The molecule has 2 aromatic rings. The van der Waals surface area contributed by atoms with Crippen LogP contribution in [-0.4, -0.2) is 11.3 Å². The van der Waals surface area contributed by atoms with E-state index < -0.39 is 6.36 Å². The molecule has 0 radical (unpaired) electrons. The van der Waals surface area contributed by atoms with E-state index in [0.717, 1.165) is 5.69 Å². The number of ether oxygens (including phenoxy) is 1. The summed E-state index contributed by atoms with van der Waals surface area (Å²) >= 11 is 4.54. The van der Waals surface area contributed by atoms with Crippen LogP contribution in [0.3, 0.4) is 0 Å². The predicted molar refractivity (Wildman–Crippen MR) is 75.0 cm³/mol. The zero-order valence-corrected chi connectivity index (χ0v) is 12.6. The van der Waals surface area contributed by atoms with Gasteiger partial charge < -0.3 is 10.1 Å². The molecule has 1 N–H and O–H groups in total. The fraction of sp³-hybridized carbons (Fsp3) is 0.250. The van der Waals surface area contributed by atoms with Crippen LogP contribution >= 0.6 is 27.3 Å². The highest BCUT2D eigenvalue weighted by atomic mass is 79.9. The van der Waals surface area contributed by atoms with Gasteiger partial charge in [0.05, 0.1) is 21.7 Å². The lowest BCUT2D eigenvalue weighted by atomic mass is 10.2. The quantitative estimate of drug-likeness (QED) is 0.828. The van der Waals surface area contributed by atoms with Crippen LogP contribution in [-0.2, 0) is 0 Å². The Hall–Kier alpha value is -1.28. The van der Waals surface area contributed by atoms with E-state index in [9.17, 15) is 13.2 Å². The summed E-state index contributed by atoms with van der Waals surface area (Å²) in [5.41, 5.74) is 3.28. The highest BCUT2D eigenvalue weighted by Crippen LogP contribution is 2.33. The summed E-state index contributed by atoms with van der Waals surface area (Å²) in [6.45, 7) is 1.92. The van der Waals surface area contributed by atoms with E-state index in [1.165, 1.54) is 29.5 Å². The maximum absolute atomic E-state index is 12.2. The molecule has 0 saturated heterocycles. The number of alkyl halides is 3. The maximum atomic E-state index is 12.2. The van der Waals surface area contributed by atoms with Crippen molar-refractivity contribution in [3.8, 4) is 5.75 Å². The van der Waals surface area contributed by atoms with Gasteiger partial charge in [-0.25, -0.2) is 4.98 Å². The zero-order valence-electron chi connectivity index (χ0n) is 10.2. The Balaban J connectivity index is 2.09. The molecule has 0 aliphatic carbocycles. The van der Waals surface area contributed by atoms with Crippen molar-refractivity contribution in [3.05, 3.63) is 39.3 Å². The van der Waals surface area contributed by atoms with Crippen molar-refractivity contribution in [1.82, 2.24) is 4.98 Å². The van der Waals surface area contributed by atoms with Crippen LogP contribution in [0.5, 0.6) is 5.75 Å². The number of hydrogen-bond acceptors (Lipinski definition) is 4. The average molecular weight is 367 g/mol. The van der Waals surface area contributed by atoms with Gasteiger partial charge in [-0.15, -0.1) is 24.5 Å². The van der Waals surface area contributed by atoms with Crippen LogP contribution in [0.2, 0.25) is 0 Å². The number of rotatable bonds is 4. The lowest BCUT2D eigenvalue weighted by molar-refractivity contribution is -0.274. The third-order valence-electron chi connectivity index (χ3n) is 2.44. The van der Waals surface area contributed by atoms with E-state index in [2.05, 4.69) is 31.0 Å². The molecular weight excluding hydrogens is 357 g/mol. The second-order valence-electron chi connectivity index (χ2n) is 3.97. The highest BCUT2D eigenvalue weighted by Gasteiger charge is 2.31. The van der Waals surface area contributed by atoms with Gasteiger partial charge in [0, 0.05) is 11.1 Å². The van der Waals surface area contributed by atoms with E-state index in [1.807, 2.05) is 12.3 Å². The number of nitrogens with one attached hydrogen (secondary N) is 1. The summed E-state index contributed by atoms with van der Waals surface area (Å²) < 4.78 is 40.6. The van der Waals surface area contributed by atoms with Crippen molar-refractivity contribution in [1.29, 1.82) is 0 Å². The van der Waals surface area contributed by atoms with Gasteiger partial charge in [-0.05, 0) is 41.1 Å². The van der Waals surface area contributed by atoms with Crippen molar-refractivity contribution in [2.75, 3.05) is 5.32 Å². The van der Waals surface area contributed by atoms with Crippen molar-refractivity contribution in [3.63, 3.8) is 0 Å². The van der Waals surface area contributed by atoms with Crippen molar-refractivity contribution >= 4 is 33.0 Å². The second kappa shape index (κ2) is 6.01. The summed E-state index contributed by atoms with van der Waals surface area (Å²) in [7, 11) is 0. The normalized spacial score (nSPS) is 13.1. The molecule has 0 fully saturated rings. The molecule has 108 valence electrons. The average Bonchev–Trinajstić information content (AvgIpc) is 2.85. The largest absolute Gasteiger partial charge is 0.573 e. The van der Waals surface area contributed by atoms with Gasteiger partial charge in [-0.2, -0.15) is 0 Å². The number of benzene rings is 1. The van der Waals surface area contributed by atoms with E-state index in [1.54, 1.807) is 5.51 Å². The minimum Gasteiger partial charge on any atom is -0.405 e. The first kappa shape index (κ1) is 15.1. The lowest BCUT2D eigenvalue weighted by Crippen LogP contribution is -2.17. The third kappa shape index (κ3) is 4.11. The molecule has 1 atom stereocenters. The minimum absolute atomic E-state index is 0.0393. The molecule has 0 saturated carbocycles. The summed E-state index contributed by atoms with van der Waals surface area (Å²) in [6.07, 6.45) is -4.70. The molecule has 2 rings (SSSR count). The molecule has 0 spiro atoms. The molecule has 3 nitrogen and oxygen atoms in total. The molecule has 1 aromatic heterocycles. The number of hydrogen-bond donors (Lipinski definition) is 1. The van der Waals surface area contributed by atoms with E-state index in [-0.39, 0.29) is 16.3 Å². The standard InChI is InChI=1S/C12H10BrF3N2OS/c1-7(10-5-20-6-17-10)18-8-2-3-11(9(13)4-8)19-12(14,15)16/h2-7,18H,1H3. The monoisotopic (exact) mass is 366 g/mol. The Morgan fingerprint density at radius 3 is 2.70 bits per heavy atom. The first-order valence-corrected chi connectivity index (χ1v) is 7.28. The first-order chi connectivity index (χ1) is 9.35. The van der Waals surface area contributed by atoms with E-state index in [0.29, 0.717) is 5.69 Å². The van der Waals surface area contributed by atoms with Crippen LogP contribution in [0.25, 0.3) is 0 Å².